The number of hydrogen-bond donors (Lipinski definition) is 1. The Bertz CT molecular complexity index is 362. The molecule has 0 saturated carbocycles. The van der Waals surface area contributed by atoms with Crippen LogP contribution < -0.4 is 5.73 Å². The van der Waals surface area contributed by atoms with E-state index in [4.69, 9.17) is 18.0 Å². The highest BCUT2D eigenvalue weighted by Gasteiger charge is 2.32. The van der Waals surface area contributed by atoms with E-state index in [0.29, 0.717) is 31.0 Å². The van der Waals surface area contributed by atoms with Crippen molar-refractivity contribution in [3.63, 3.8) is 0 Å². The molecule has 2 N–H and O–H groups in total. The SMILES string of the molecule is CC(C)N(CCC(N)=S)S(=O)(=O)N1CCCC1. The minimum atomic E-state index is -3.34. The second kappa shape index (κ2) is 6.08. The van der Waals surface area contributed by atoms with Gasteiger partial charge in [-0.3, -0.25) is 0 Å². The molecule has 17 heavy (non-hydrogen) atoms. The average Bonchev–Trinajstić information content (AvgIpc) is 2.69. The van der Waals surface area contributed by atoms with Gasteiger partial charge in [0.25, 0.3) is 10.2 Å². The lowest BCUT2D eigenvalue weighted by molar-refractivity contribution is 0.324. The van der Waals surface area contributed by atoms with Crippen LogP contribution in [0.25, 0.3) is 0 Å². The maximum Gasteiger partial charge on any atom is 0.282 e. The Labute approximate surface area is 109 Å². The van der Waals surface area contributed by atoms with Gasteiger partial charge >= 0.3 is 0 Å². The van der Waals surface area contributed by atoms with Crippen LogP contribution in [0.5, 0.6) is 0 Å². The van der Waals surface area contributed by atoms with Crippen LogP contribution in [0.3, 0.4) is 0 Å². The van der Waals surface area contributed by atoms with Crippen molar-refractivity contribution in [2.45, 2.75) is 39.2 Å². The fourth-order valence-corrected chi connectivity index (χ4v) is 3.89. The molecule has 0 spiro atoms. The van der Waals surface area contributed by atoms with Crippen molar-refractivity contribution in [1.29, 1.82) is 0 Å². The minimum absolute atomic E-state index is 0.0741. The van der Waals surface area contributed by atoms with Gasteiger partial charge in [0.2, 0.25) is 0 Å². The van der Waals surface area contributed by atoms with E-state index in [1.165, 1.54) is 4.31 Å². The third-order valence-corrected chi connectivity index (χ3v) is 5.26. The van der Waals surface area contributed by atoms with E-state index in [1.807, 2.05) is 13.8 Å². The Morgan fingerprint density at radius 2 is 1.94 bits per heavy atom. The van der Waals surface area contributed by atoms with Crippen LogP contribution in [0.2, 0.25) is 0 Å². The highest BCUT2D eigenvalue weighted by atomic mass is 32.2. The van der Waals surface area contributed by atoms with Crippen molar-refractivity contribution in [2.75, 3.05) is 19.6 Å². The van der Waals surface area contributed by atoms with Crippen LogP contribution in [0.1, 0.15) is 33.1 Å². The average molecular weight is 279 g/mol. The molecule has 0 bridgehead atoms. The fourth-order valence-electron chi connectivity index (χ4n) is 1.93. The van der Waals surface area contributed by atoms with Crippen molar-refractivity contribution < 1.29 is 8.42 Å². The summed E-state index contributed by atoms with van der Waals surface area (Å²) < 4.78 is 27.7. The van der Waals surface area contributed by atoms with Crippen LogP contribution in [0.4, 0.5) is 0 Å². The number of hydrogen-bond acceptors (Lipinski definition) is 3. The van der Waals surface area contributed by atoms with E-state index in [2.05, 4.69) is 0 Å². The van der Waals surface area contributed by atoms with Gasteiger partial charge in [0.05, 0.1) is 4.99 Å². The van der Waals surface area contributed by atoms with E-state index < -0.39 is 10.2 Å². The molecule has 0 radical (unpaired) electrons. The summed E-state index contributed by atoms with van der Waals surface area (Å²) in [6.45, 7) is 5.35. The first-order chi connectivity index (χ1) is 7.85. The Balaban J connectivity index is 2.77. The van der Waals surface area contributed by atoms with Gasteiger partial charge in [-0.1, -0.05) is 12.2 Å². The van der Waals surface area contributed by atoms with E-state index in [1.54, 1.807) is 4.31 Å². The maximum absolute atomic E-state index is 12.4. The standard InChI is InChI=1S/C10H21N3O2S2/c1-9(2)13(8-5-10(11)16)17(14,15)12-6-3-4-7-12/h9H,3-8H2,1-2H3,(H2,11,16). The zero-order valence-electron chi connectivity index (χ0n) is 10.4. The number of nitrogens with two attached hydrogens (primary N) is 1. The molecule has 0 aromatic rings. The van der Waals surface area contributed by atoms with Crippen molar-refractivity contribution in [1.82, 2.24) is 8.61 Å². The third kappa shape index (κ3) is 3.87. The summed E-state index contributed by atoms with van der Waals surface area (Å²) in [6, 6.07) is -0.0741. The molecule has 0 aliphatic carbocycles. The predicted octanol–water partition coefficient (Wildman–Crippen LogP) is 0.714. The highest BCUT2D eigenvalue weighted by molar-refractivity contribution is 7.86. The monoisotopic (exact) mass is 279 g/mol. The van der Waals surface area contributed by atoms with Crippen molar-refractivity contribution in [2.24, 2.45) is 5.73 Å². The first-order valence-corrected chi connectivity index (χ1v) is 7.71. The van der Waals surface area contributed by atoms with Crippen LogP contribution >= 0.6 is 12.2 Å². The summed E-state index contributed by atoms with van der Waals surface area (Å²) in [7, 11) is -3.34. The molecule has 1 fully saturated rings. The maximum atomic E-state index is 12.4. The Kier molecular flexibility index (Phi) is 5.30. The lowest BCUT2D eigenvalue weighted by atomic mass is 10.3. The van der Waals surface area contributed by atoms with E-state index in [0.717, 1.165) is 12.8 Å². The molecule has 1 rings (SSSR count). The van der Waals surface area contributed by atoms with Gasteiger partial charge in [0.15, 0.2) is 0 Å². The molecule has 1 aliphatic rings. The van der Waals surface area contributed by atoms with Crippen LogP contribution in [0, 0.1) is 0 Å². The van der Waals surface area contributed by atoms with Gasteiger partial charge in [0, 0.05) is 32.1 Å². The fraction of sp³-hybridized carbons (Fsp3) is 0.900. The van der Waals surface area contributed by atoms with Crippen molar-refractivity contribution >= 4 is 27.4 Å². The summed E-state index contributed by atoms with van der Waals surface area (Å²) in [5.41, 5.74) is 5.43. The Morgan fingerprint density at radius 1 is 1.41 bits per heavy atom. The minimum Gasteiger partial charge on any atom is -0.393 e. The summed E-state index contributed by atoms with van der Waals surface area (Å²) in [4.78, 5) is 0.354. The summed E-state index contributed by atoms with van der Waals surface area (Å²) in [6.07, 6.45) is 2.32. The molecule has 0 atom stereocenters. The topological polar surface area (TPSA) is 66.6 Å². The molecule has 1 saturated heterocycles. The highest BCUT2D eigenvalue weighted by Crippen LogP contribution is 2.18. The smallest absolute Gasteiger partial charge is 0.282 e. The van der Waals surface area contributed by atoms with E-state index in [9.17, 15) is 8.42 Å². The van der Waals surface area contributed by atoms with Crippen molar-refractivity contribution in [3.8, 4) is 0 Å². The predicted molar refractivity (Wildman–Crippen MR) is 73.0 cm³/mol. The van der Waals surface area contributed by atoms with Crippen LogP contribution in [-0.2, 0) is 10.2 Å². The second-order valence-electron chi connectivity index (χ2n) is 4.53. The second-order valence-corrected chi connectivity index (χ2v) is 6.94. The third-order valence-electron chi connectivity index (χ3n) is 2.84. The number of nitrogens with zero attached hydrogens (tertiary/aromatic N) is 2. The first kappa shape index (κ1) is 14.8. The molecular formula is C10H21N3O2S2. The van der Waals surface area contributed by atoms with Gasteiger partial charge in [-0.15, -0.1) is 0 Å². The van der Waals surface area contributed by atoms with Crippen LogP contribution in [0.15, 0.2) is 0 Å². The van der Waals surface area contributed by atoms with Crippen LogP contribution in [-0.4, -0.2) is 47.7 Å². The van der Waals surface area contributed by atoms with Gasteiger partial charge in [-0.2, -0.15) is 17.0 Å². The summed E-state index contributed by atoms with van der Waals surface area (Å²) >= 11 is 4.80. The molecule has 1 heterocycles. The zero-order chi connectivity index (χ0) is 13.1. The Morgan fingerprint density at radius 3 is 2.35 bits per heavy atom. The van der Waals surface area contributed by atoms with Gasteiger partial charge in [-0.05, 0) is 26.7 Å². The lowest BCUT2D eigenvalue weighted by Gasteiger charge is -2.30. The van der Waals surface area contributed by atoms with Gasteiger partial charge in [0.1, 0.15) is 0 Å². The quantitative estimate of drug-likeness (QED) is 0.727. The summed E-state index contributed by atoms with van der Waals surface area (Å²) in [5.74, 6) is 0. The molecule has 1 aliphatic heterocycles. The normalized spacial score (nSPS) is 18.1. The molecule has 0 amide bonds. The molecule has 0 aromatic heterocycles. The van der Waals surface area contributed by atoms with Gasteiger partial charge in [-0.25, -0.2) is 0 Å². The summed E-state index contributed by atoms with van der Waals surface area (Å²) in [5, 5.41) is 0. The lowest BCUT2D eigenvalue weighted by Crippen LogP contribution is -2.46. The first-order valence-electron chi connectivity index (χ1n) is 5.91. The molecular weight excluding hydrogens is 258 g/mol. The number of rotatable bonds is 6. The molecule has 5 nitrogen and oxygen atoms in total. The molecule has 7 heteroatoms. The number of thiocarbonyl (C=S) groups is 1. The molecule has 0 unspecified atom stereocenters. The molecule has 100 valence electrons. The van der Waals surface area contributed by atoms with Crippen molar-refractivity contribution in [3.05, 3.63) is 0 Å². The Hall–Kier alpha value is -0.240. The van der Waals surface area contributed by atoms with E-state index >= 15 is 0 Å². The van der Waals surface area contributed by atoms with E-state index in [-0.39, 0.29) is 6.04 Å². The largest absolute Gasteiger partial charge is 0.393 e. The van der Waals surface area contributed by atoms with Gasteiger partial charge < -0.3 is 5.73 Å². The zero-order valence-corrected chi connectivity index (χ0v) is 12.1. The molecule has 0 aromatic carbocycles.